The Morgan fingerprint density at radius 1 is 1.17 bits per heavy atom. The molecule has 2 aromatic carbocycles. The van der Waals surface area contributed by atoms with E-state index in [0.717, 1.165) is 24.1 Å². The normalized spacial score (nSPS) is 13.1. The van der Waals surface area contributed by atoms with Crippen molar-refractivity contribution in [3.8, 4) is 23.1 Å². The number of benzene rings is 2. The average Bonchev–Trinajstić information content (AvgIpc) is 3.50. The Bertz CT molecular complexity index is 1040. The van der Waals surface area contributed by atoms with E-state index in [4.69, 9.17) is 5.26 Å². The molecule has 1 saturated carbocycles. The molecule has 1 aromatic heterocycles. The molecule has 0 bridgehead atoms. The van der Waals surface area contributed by atoms with Crippen LogP contribution in [0.1, 0.15) is 12.8 Å². The fourth-order valence-corrected chi connectivity index (χ4v) is 3.89. The van der Waals surface area contributed by atoms with Crippen LogP contribution in [0.2, 0.25) is 0 Å². The molecular formula is C21H18FN5OS. The number of thioether (sulfide) groups is 1. The number of nitrogens with zero attached hydrogens (tertiary/aromatic N) is 5. The van der Waals surface area contributed by atoms with Gasteiger partial charge in [-0.2, -0.15) is 5.26 Å². The third-order valence-corrected chi connectivity index (χ3v) is 5.54. The van der Waals surface area contributed by atoms with Crippen LogP contribution in [0, 0.1) is 17.1 Å². The van der Waals surface area contributed by atoms with Gasteiger partial charge in [-0.05, 0) is 49.2 Å². The largest absolute Gasteiger partial charge is 0.326 e. The molecule has 6 nitrogen and oxygen atoms in total. The lowest BCUT2D eigenvalue weighted by Gasteiger charge is -2.18. The number of halogens is 1. The molecule has 0 atom stereocenters. The molecule has 1 heterocycles. The van der Waals surface area contributed by atoms with E-state index < -0.39 is 0 Å². The van der Waals surface area contributed by atoms with Gasteiger partial charge in [0.25, 0.3) is 0 Å². The van der Waals surface area contributed by atoms with E-state index in [2.05, 4.69) is 16.3 Å². The van der Waals surface area contributed by atoms with E-state index >= 15 is 0 Å². The SMILES string of the molecule is N#CCN(C(=O)CSc1nnc(-c2ccc(F)cc2)n1-c1ccccc1)C1CC1. The van der Waals surface area contributed by atoms with Gasteiger partial charge < -0.3 is 4.90 Å². The van der Waals surface area contributed by atoms with Crippen molar-refractivity contribution in [3.05, 3.63) is 60.4 Å². The van der Waals surface area contributed by atoms with Gasteiger partial charge in [-0.3, -0.25) is 9.36 Å². The molecule has 8 heteroatoms. The maximum Gasteiger partial charge on any atom is 0.234 e. The second-order valence-electron chi connectivity index (χ2n) is 6.68. The van der Waals surface area contributed by atoms with Crippen molar-refractivity contribution >= 4 is 17.7 Å². The lowest BCUT2D eigenvalue weighted by Crippen LogP contribution is -2.34. The number of carbonyl (C=O) groups excluding carboxylic acids is 1. The maximum absolute atomic E-state index is 13.3. The molecule has 0 N–H and O–H groups in total. The minimum Gasteiger partial charge on any atom is -0.326 e. The molecule has 0 radical (unpaired) electrons. The summed E-state index contributed by atoms with van der Waals surface area (Å²) in [7, 11) is 0. The number of hydrogen-bond acceptors (Lipinski definition) is 5. The van der Waals surface area contributed by atoms with E-state index in [1.807, 2.05) is 34.9 Å². The Balaban J connectivity index is 1.62. The number of hydrogen-bond donors (Lipinski definition) is 0. The van der Waals surface area contributed by atoms with Crippen LogP contribution in [0.5, 0.6) is 0 Å². The third kappa shape index (κ3) is 4.30. The summed E-state index contributed by atoms with van der Waals surface area (Å²) in [5.74, 6) is 0.344. The Kier molecular flexibility index (Phi) is 5.58. The van der Waals surface area contributed by atoms with Gasteiger partial charge in [0, 0.05) is 17.3 Å². The van der Waals surface area contributed by atoms with Crippen LogP contribution in [-0.4, -0.2) is 43.9 Å². The topological polar surface area (TPSA) is 74.8 Å². The minimum atomic E-state index is -0.322. The smallest absolute Gasteiger partial charge is 0.234 e. The first kappa shape index (κ1) is 19.2. The van der Waals surface area contributed by atoms with Gasteiger partial charge >= 0.3 is 0 Å². The molecule has 1 fully saturated rings. The van der Waals surface area contributed by atoms with E-state index in [-0.39, 0.29) is 30.1 Å². The molecular weight excluding hydrogens is 389 g/mol. The lowest BCUT2D eigenvalue weighted by molar-refractivity contribution is -0.128. The van der Waals surface area contributed by atoms with Crippen molar-refractivity contribution < 1.29 is 9.18 Å². The van der Waals surface area contributed by atoms with Crippen molar-refractivity contribution in [3.63, 3.8) is 0 Å². The monoisotopic (exact) mass is 407 g/mol. The summed E-state index contributed by atoms with van der Waals surface area (Å²) >= 11 is 1.28. The van der Waals surface area contributed by atoms with Crippen molar-refractivity contribution in [2.75, 3.05) is 12.3 Å². The second-order valence-corrected chi connectivity index (χ2v) is 7.63. The predicted molar refractivity (Wildman–Crippen MR) is 108 cm³/mol. The zero-order chi connectivity index (χ0) is 20.2. The van der Waals surface area contributed by atoms with Gasteiger partial charge in [-0.15, -0.1) is 10.2 Å². The van der Waals surface area contributed by atoms with Gasteiger partial charge in [-0.1, -0.05) is 30.0 Å². The summed E-state index contributed by atoms with van der Waals surface area (Å²) in [6.07, 6.45) is 1.90. The molecule has 1 aliphatic rings. The van der Waals surface area contributed by atoms with Crippen LogP contribution in [0.25, 0.3) is 17.1 Å². The van der Waals surface area contributed by atoms with Crippen LogP contribution < -0.4 is 0 Å². The molecule has 0 aliphatic heterocycles. The highest BCUT2D eigenvalue weighted by Crippen LogP contribution is 2.30. The quantitative estimate of drug-likeness (QED) is 0.441. The van der Waals surface area contributed by atoms with Crippen LogP contribution >= 0.6 is 11.8 Å². The van der Waals surface area contributed by atoms with E-state index in [1.54, 1.807) is 17.0 Å². The first-order valence-corrected chi connectivity index (χ1v) is 10.2. The summed E-state index contributed by atoms with van der Waals surface area (Å²) in [4.78, 5) is 14.2. The van der Waals surface area contributed by atoms with Crippen molar-refractivity contribution in [2.45, 2.75) is 24.0 Å². The molecule has 0 spiro atoms. The average molecular weight is 407 g/mol. The molecule has 3 aromatic rings. The molecule has 146 valence electrons. The van der Waals surface area contributed by atoms with Crippen molar-refractivity contribution in [2.24, 2.45) is 0 Å². The summed E-state index contributed by atoms with van der Waals surface area (Å²) < 4.78 is 15.2. The first-order valence-electron chi connectivity index (χ1n) is 9.23. The first-order chi connectivity index (χ1) is 14.2. The standard InChI is InChI=1S/C21H18FN5OS/c22-16-8-6-15(7-9-16)20-24-25-21(27(20)18-4-2-1-3-5-18)29-14-19(28)26(13-12-23)17-10-11-17/h1-9,17H,10-11,13-14H2. The molecule has 1 amide bonds. The van der Waals surface area contributed by atoms with Crippen LogP contribution in [-0.2, 0) is 4.79 Å². The molecule has 0 unspecified atom stereocenters. The number of para-hydroxylation sites is 1. The molecule has 1 aliphatic carbocycles. The lowest BCUT2D eigenvalue weighted by atomic mass is 10.2. The van der Waals surface area contributed by atoms with Crippen molar-refractivity contribution in [1.29, 1.82) is 5.26 Å². The predicted octanol–water partition coefficient (Wildman–Crippen LogP) is 3.68. The van der Waals surface area contributed by atoms with E-state index in [9.17, 15) is 9.18 Å². The number of amides is 1. The van der Waals surface area contributed by atoms with Gasteiger partial charge in [0.2, 0.25) is 5.91 Å². The van der Waals surface area contributed by atoms with Crippen LogP contribution in [0.15, 0.2) is 59.8 Å². The Morgan fingerprint density at radius 3 is 2.55 bits per heavy atom. The minimum absolute atomic E-state index is 0.0787. The number of carbonyl (C=O) groups is 1. The van der Waals surface area contributed by atoms with Crippen LogP contribution in [0.4, 0.5) is 4.39 Å². The van der Waals surface area contributed by atoms with Crippen molar-refractivity contribution in [1.82, 2.24) is 19.7 Å². The Labute approximate surface area is 172 Å². The van der Waals surface area contributed by atoms with Gasteiger partial charge in [0.1, 0.15) is 12.4 Å². The second kappa shape index (κ2) is 8.45. The third-order valence-electron chi connectivity index (χ3n) is 4.62. The molecule has 4 rings (SSSR count). The van der Waals surface area contributed by atoms with Gasteiger partial charge in [-0.25, -0.2) is 4.39 Å². The number of rotatable bonds is 7. The highest BCUT2D eigenvalue weighted by Gasteiger charge is 2.32. The van der Waals surface area contributed by atoms with Crippen LogP contribution in [0.3, 0.4) is 0 Å². The molecule has 0 saturated heterocycles. The van der Waals surface area contributed by atoms with E-state index in [1.165, 1.54) is 23.9 Å². The summed E-state index contributed by atoms with van der Waals surface area (Å²) in [5, 5.41) is 18.1. The van der Waals surface area contributed by atoms with Gasteiger partial charge in [0.15, 0.2) is 11.0 Å². The highest BCUT2D eigenvalue weighted by molar-refractivity contribution is 7.99. The maximum atomic E-state index is 13.3. The summed E-state index contributed by atoms with van der Waals surface area (Å²) in [5.41, 5.74) is 1.58. The number of aromatic nitrogens is 3. The Morgan fingerprint density at radius 2 is 1.90 bits per heavy atom. The fourth-order valence-electron chi connectivity index (χ4n) is 3.05. The zero-order valence-electron chi connectivity index (χ0n) is 15.5. The highest BCUT2D eigenvalue weighted by atomic mass is 32.2. The molecule has 29 heavy (non-hydrogen) atoms. The van der Waals surface area contributed by atoms with Gasteiger partial charge in [0.05, 0.1) is 11.8 Å². The zero-order valence-corrected chi connectivity index (χ0v) is 16.3. The number of nitriles is 1. The summed E-state index contributed by atoms with van der Waals surface area (Å²) in [6.45, 7) is 0.107. The van der Waals surface area contributed by atoms with E-state index in [0.29, 0.717) is 11.0 Å². The summed E-state index contributed by atoms with van der Waals surface area (Å²) in [6, 6.07) is 17.9. The fraction of sp³-hybridized carbons (Fsp3) is 0.238. The Hall–Kier alpha value is -3.18.